The second-order valence-corrected chi connectivity index (χ2v) is 5.59. The molecule has 2 rings (SSSR count). The smallest absolute Gasteiger partial charge is 0.0224 e. The predicted molar refractivity (Wildman–Crippen MR) is 73.4 cm³/mol. The van der Waals surface area contributed by atoms with Gasteiger partial charge in [-0.05, 0) is 32.4 Å². The zero-order valence-corrected chi connectivity index (χ0v) is 11.5. The van der Waals surface area contributed by atoms with Gasteiger partial charge in [-0.1, -0.05) is 19.8 Å². The number of hydrogen-bond donors (Lipinski definition) is 1. The standard InChI is InChI=1S/C14H29N3/c1-2-3-4-7-15-8-10-16-11-12-17-9-5-6-14(17)13-16/h14-15H,2-13H2,1H3. The summed E-state index contributed by atoms with van der Waals surface area (Å²) in [6.07, 6.45) is 6.89. The van der Waals surface area contributed by atoms with Crippen molar-refractivity contribution in [2.75, 3.05) is 45.8 Å². The fourth-order valence-corrected chi connectivity index (χ4v) is 3.12. The molecule has 3 nitrogen and oxygen atoms in total. The number of nitrogens with one attached hydrogen (secondary N) is 1. The highest BCUT2D eigenvalue weighted by atomic mass is 15.3. The van der Waals surface area contributed by atoms with Crippen LogP contribution in [0.3, 0.4) is 0 Å². The highest BCUT2D eigenvalue weighted by Crippen LogP contribution is 2.20. The normalized spacial score (nSPS) is 26.3. The van der Waals surface area contributed by atoms with Crippen LogP contribution in [0.2, 0.25) is 0 Å². The summed E-state index contributed by atoms with van der Waals surface area (Å²) in [5.74, 6) is 0. The summed E-state index contributed by atoms with van der Waals surface area (Å²) in [4.78, 5) is 5.34. The van der Waals surface area contributed by atoms with E-state index in [9.17, 15) is 0 Å². The third kappa shape index (κ3) is 4.23. The molecule has 17 heavy (non-hydrogen) atoms. The maximum absolute atomic E-state index is 3.57. The number of rotatable bonds is 7. The molecule has 2 saturated heterocycles. The van der Waals surface area contributed by atoms with Crippen LogP contribution < -0.4 is 5.32 Å². The van der Waals surface area contributed by atoms with E-state index in [1.807, 2.05) is 0 Å². The van der Waals surface area contributed by atoms with Gasteiger partial charge in [-0.15, -0.1) is 0 Å². The number of nitrogens with zero attached hydrogens (tertiary/aromatic N) is 2. The van der Waals surface area contributed by atoms with Crippen LogP contribution >= 0.6 is 0 Å². The lowest BCUT2D eigenvalue weighted by atomic mass is 10.1. The minimum Gasteiger partial charge on any atom is -0.315 e. The Labute approximate surface area is 107 Å². The van der Waals surface area contributed by atoms with Crippen molar-refractivity contribution in [1.82, 2.24) is 15.1 Å². The average Bonchev–Trinajstić information content (AvgIpc) is 2.81. The Morgan fingerprint density at radius 1 is 1.12 bits per heavy atom. The first-order valence-electron chi connectivity index (χ1n) is 7.57. The van der Waals surface area contributed by atoms with Crippen LogP contribution in [0, 0.1) is 0 Å². The average molecular weight is 239 g/mol. The third-order valence-electron chi connectivity index (χ3n) is 4.23. The Balaban J connectivity index is 1.51. The Kier molecular flexibility index (Phi) is 5.75. The van der Waals surface area contributed by atoms with Gasteiger partial charge in [0.2, 0.25) is 0 Å². The Hall–Kier alpha value is -0.120. The van der Waals surface area contributed by atoms with E-state index in [-0.39, 0.29) is 0 Å². The quantitative estimate of drug-likeness (QED) is 0.680. The van der Waals surface area contributed by atoms with Crippen LogP contribution in [0.25, 0.3) is 0 Å². The van der Waals surface area contributed by atoms with E-state index in [0.29, 0.717) is 0 Å². The van der Waals surface area contributed by atoms with Crippen molar-refractivity contribution in [3.05, 3.63) is 0 Å². The van der Waals surface area contributed by atoms with E-state index in [4.69, 9.17) is 0 Å². The molecule has 1 atom stereocenters. The van der Waals surface area contributed by atoms with Crippen molar-refractivity contribution in [2.24, 2.45) is 0 Å². The molecule has 0 aromatic carbocycles. The van der Waals surface area contributed by atoms with E-state index in [2.05, 4.69) is 22.0 Å². The third-order valence-corrected chi connectivity index (χ3v) is 4.23. The summed E-state index contributed by atoms with van der Waals surface area (Å²) in [5.41, 5.74) is 0. The van der Waals surface area contributed by atoms with E-state index in [0.717, 1.165) is 6.04 Å². The van der Waals surface area contributed by atoms with Crippen LogP contribution in [0.15, 0.2) is 0 Å². The fourth-order valence-electron chi connectivity index (χ4n) is 3.12. The number of hydrogen-bond acceptors (Lipinski definition) is 3. The van der Waals surface area contributed by atoms with Gasteiger partial charge in [0.25, 0.3) is 0 Å². The summed E-state index contributed by atoms with van der Waals surface area (Å²) in [6, 6.07) is 0.879. The van der Waals surface area contributed by atoms with Gasteiger partial charge in [0.1, 0.15) is 0 Å². The van der Waals surface area contributed by atoms with E-state index < -0.39 is 0 Å². The van der Waals surface area contributed by atoms with Gasteiger partial charge in [-0.25, -0.2) is 0 Å². The van der Waals surface area contributed by atoms with E-state index in [1.54, 1.807) is 0 Å². The van der Waals surface area contributed by atoms with Crippen molar-refractivity contribution in [3.8, 4) is 0 Å². The largest absolute Gasteiger partial charge is 0.315 e. The van der Waals surface area contributed by atoms with Gasteiger partial charge >= 0.3 is 0 Å². The van der Waals surface area contributed by atoms with Gasteiger partial charge in [-0.3, -0.25) is 9.80 Å². The summed E-state index contributed by atoms with van der Waals surface area (Å²) >= 11 is 0. The SMILES string of the molecule is CCCCCNCCN1CCN2CCCC2C1. The van der Waals surface area contributed by atoms with Crippen molar-refractivity contribution in [1.29, 1.82) is 0 Å². The minimum atomic E-state index is 0.879. The summed E-state index contributed by atoms with van der Waals surface area (Å²) in [7, 11) is 0. The highest BCUT2D eigenvalue weighted by Gasteiger charge is 2.29. The molecule has 1 unspecified atom stereocenters. The minimum absolute atomic E-state index is 0.879. The topological polar surface area (TPSA) is 18.5 Å². The van der Waals surface area contributed by atoms with Crippen molar-refractivity contribution < 1.29 is 0 Å². The first-order valence-corrected chi connectivity index (χ1v) is 7.57. The second kappa shape index (κ2) is 7.34. The molecule has 0 bridgehead atoms. The molecular formula is C14H29N3. The molecule has 100 valence electrons. The molecule has 0 aromatic rings. The molecular weight excluding hydrogens is 210 g/mol. The zero-order chi connectivity index (χ0) is 11.9. The van der Waals surface area contributed by atoms with Crippen LogP contribution in [-0.2, 0) is 0 Å². The maximum atomic E-state index is 3.57. The first kappa shape index (κ1) is 13.3. The van der Waals surface area contributed by atoms with E-state index >= 15 is 0 Å². The predicted octanol–water partition coefficient (Wildman–Crippen LogP) is 1.55. The second-order valence-electron chi connectivity index (χ2n) is 5.59. The summed E-state index contributed by atoms with van der Waals surface area (Å²) < 4.78 is 0. The van der Waals surface area contributed by atoms with Gasteiger partial charge in [0.15, 0.2) is 0 Å². The molecule has 3 heteroatoms. The molecule has 0 spiro atoms. The molecule has 2 heterocycles. The Bertz CT molecular complexity index is 208. The van der Waals surface area contributed by atoms with Gasteiger partial charge in [0.05, 0.1) is 0 Å². The monoisotopic (exact) mass is 239 g/mol. The number of piperazine rings is 1. The lowest BCUT2D eigenvalue weighted by molar-refractivity contribution is 0.105. The Morgan fingerprint density at radius 3 is 2.94 bits per heavy atom. The van der Waals surface area contributed by atoms with Crippen LogP contribution in [-0.4, -0.2) is 61.7 Å². The maximum Gasteiger partial charge on any atom is 0.0224 e. The summed E-state index contributed by atoms with van der Waals surface area (Å²) in [5, 5.41) is 3.57. The van der Waals surface area contributed by atoms with E-state index in [1.165, 1.54) is 77.9 Å². The molecule has 0 saturated carbocycles. The van der Waals surface area contributed by atoms with Crippen LogP contribution in [0.1, 0.15) is 39.0 Å². The van der Waals surface area contributed by atoms with Crippen molar-refractivity contribution in [2.45, 2.75) is 45.1 Å². The van der Waals surface area contributed by atoms with Gasteiger partial charge in [-0.2, -0.15) is 0 Å². The molecule has 1 N–H and O–H groups in total. The molecule has 2 fully saturated rings. The molecule has 0 radical (unpaired) electrons. The molecule has 2 aliphatic heterocycles. The molecule has 0 aliphatic carbocycles. The Morgan fingerprint density at radius 2 is 2.06 bits per heavy atom. The molecule has 0 amide bonds. The van der Waals surface area contributed by atoms with Gasteiger partial charge < -0.3 is 5.32 Å². The van der Waals surface area contributed by atoms with Gasteiger partial charge in [0, 0.05) is 38.8 Å². The molecule has 0 aromatic heterocycles. The number of fused-ring (bicyclic) bond motifs is 1. The summed E-state index contributed by atoms with van der Waals surface area (Å²) in [6.45, 7) is 11.2. The molecule has 2 aliphatic rings. The fraction of sp³-hybridized carbons (Fsp3) is 1.00. The zero-order valence-electron chi connectivity index (χ0n) is 11.5. The lowest BCUT2D eigenvalue weighted by Gasteiger charge is -2.37. The first-order chi connectivity index (χ1) is 8.40. The van der Waals surface area contributed by atoms with Crippen LogP contribution in [0.4, 0.5) is 0 Å². The number of unbranched alkanes of at least 4 members (excludes halogenated alkanes) is 2. The van der Waals surface area contributed by atoms with Crippen LogP contribution in [0.5, 0.6) is 0 Å². The van der Waals surface area contributed by atoms with Crippen molar-refractivity contribution >= 4 is 0 Å². The lowest BCUT2D eigenvalue weighted by Crippen LogP contribution is -2.51. The highest BCUT2D eigenvalue weighted by molar-refractivity contribution is 4.86. The van der Waals surface area contributed by atoms with Crippen molar-refractivity contribution in [3.63, 3.8) is 0 Å².